The van der Waals surface area contributed by atoms with E-state index in [1.165, 1.54) is 4.90 Å². The number of anilines is 1. The van der Waals surface area contributed by atoms with Gasteiger partial charge in [0.15, 0.2) is 0 Å². The molecule has 7 heteroatoms. The van der Waals surface area contributed by atoms with Crippen LogP contribution in [0.3, 0.4) is 0 Å². The van der Waals surface area contributed by atoms with Crippen LogP contribution in [0.2, 0.25) is 5.02 Å². The molecule has 0 aromatic heterocycles. The van der Waals surface area contributed by atoms with Crippen LogP contribution in [0.15, 0.2) is 72.8 Å². The van der Waals surface area contributed by atoms with E-state index in [1.807, 2.05) is 24.3 Å². The molecule has 0 spiro atoms. The van der Waals surface area contributed by atoms with Crippen molar-refractivity contribution in [3.05, 3.63) is 100 Å². The maximum atomic E-state index is 13.7. The van der Waals surface area contributed by atoms with E-state index in [0.717, 1.165) is 11.1 Å². The molecular formula is C27H25ClN2O4. The number of halogens is 1. The lowest BCUT2D eigenvalue weighted by Crippen LogP contribution is -2.63. The Morgan fingerprint density at radius 2 is 1.79 bits per heavy atom. The first kappa shape index (κ1) is 23.5. The van der Waals surface area contributed by atoms with E-state index in [-0.39, 0.29) is 25.0 Å². The number of rotatable bonds is 6. The molecule has 0 radical (unpaired) electrons. The smallest absolute Gasteiger partial charge is 0.338 e. The average Bonchev–Trinajstić information content (AvgIpc) is 2.84. The highest BCUT2D eigenvalue weighted by molar-refractivity contribution is 6.30. The van der Waals surface area contributed by atoms with Crippen LogP contribution >= 0.6 is 11.6 Å². The Bertz CT molecular complexity index is 1240. The van der Waals surface area contributed by atoms with Crippen molar-refractivity contribution in [3.8, 4) is 0 Å². The van der Waals surface area contributed by atoms with Crippen molar-refractivity contribution >= 4 is 35.1 Å². The number of nitrogens with one attached hydrogen (secondary N) is 1. The first-order valence-electron chi connectivity index (χ1n) is 11.1. The average molecular weight is 477 g/mol. The molecule has 1 atom stereocenters. The Morgan fingerprint density at radius 1 is 1.06 bits per heavy atom. The van der Waals surface area contributed by atoms with Gasteiger partial charge in [0.25, 0.3) is 5.91 Å². The number of esters is 1. The van der Waals surface area contributed by atoms with Crippen molar-refractivity contribution < 1.29 is 19.1 Å². The number of hydrogen-bond donors (Lipinski definition) is 1. The number of amides is 2. The molecule has 174 valence electrons. The van der Waals surface area contributed by atoms with Gasteiger partial charge in [-0.3, -0.25) is 14.5 Å². The van der Waals surface area contributed by atoms with Gasteiger partial charge < -0.3 is 10.1 Å². The number of fused-ring (bicyclic) bond motifs is 1. The van der Waals surface area contributed by atoms with Crippen molar-refractivity contribution in [2.24, 2.45) is 0 Å². The fourth-order valence-corrected chi connectivity index (χ4v) is 4.35. The second-order valence-electron chi connectivity index (χ2n) is 8.33. The highest BCUT2D eigenvalue weighted by Gasteiger charge is 2.47. The number of hydrogen-bond acceptors (Lipinski definition) is 4. The topological polar surface area (TPSA) is 75.7 Å². The third kappa shape index (κ3) is 4.54. The van der Waals surface area contributed by atoms with Gasteiger partial charge in [-0.2, -0.15) is 0 Å². The fraction of sp³-hybridized carbons (Fsp3) is 0.222. The monoisotopic (exact) mass is 476 g/mol. The summed E-state index contributed by atoms with van der Waals surface area (Å²) in [6.45, 7) is 4.01. The lowest BCUT2D eigenvalue weighted by Gasteiger charge is -2.44. The molecule has 1 aliphatic rings. The molecule has 0 saturated heterocycles. The minimum atomic E-state index is -1.22. The summed E-state index contributed by atoms with van der Waals surface area (Å²) in [6, 6.07) is 21.1. The molecule has 3 aromatic carbocycles. The zero-order chi connectivity index (χ0) is 24.3. The summed E-state index contributed by atoms with van der Waals surface area (Å²) >= 11 is 5.96. The molecule has 0 fully saturated rings. The van der Waals surface area contributed by atoms with Crippen LogP contribution < -0.4 is 10.2 Å². The molecule has 0 aliphatic carbocycles. The van der Waals surface area contributed by atoms with Crippen LogP contribution in [-0.4, -0.2) is 29.9 Å². The molecule has 1 heterocycles. The molecule has 1 aliphatic heterocycles. The van der Waals surface area contributed by atoms with Crippen LogP contribution in [0.1, 0.15) is 45.7 Å². The lowest BCUT2D eigenvalue weighted by atomic mass is 9.82. The highest BCUT2D eigenvalue weighted by atomic mass is 35.5. The van der Waals surface area contributed by atoms with E-state index >= 15 is 0 Å². The van der Waals surface area contributed by atoms with E-state index < -0.39 is 11.5 Å². The van der Waals surface area contributed by atoms with E-state index in [2.05, 4.69) is 5.32 Å². The molecule has 1 unspecified atom stereocenters. The van der Waals surface area contributed by atoms with Gasteiger partial charge in [0.2, 0.25) is 5.91 Å². The van der Waals surface area contributed by atoms with E-state index in [0.29, 0.717) is 28.3 Å². The Kier molecular flexibility index (Phi) is 6.70. The number of benzene rings is 3. The van der Waals surface area contributed by atoms with Gasteiger partial charge in [0.1, 0.15) is 5.54 Å². The summed E-state index contributed by atoms with van der Waals surface area (Å²) in [4.78, 5) is 41.1. The minimum Gasteiger partial charge on any atom is -0.462 e. The SMILES string of the molecule is CCOC(=O)c1cccc(N2C(=O)c3ccccc3CC2(C)C(=O)NCc2ccc(Cl)cc2)c1. The Labute approximate surface area is 203 Å². The summed E-state index contributed by atoms with van der Waals surface area (Å²) < 4.78 is 5.12. The zero-order valence-electron chi connectivity index (χ0n) is 19.0. The van der Waals surface area contributed by atoms with Gasteiger partial charge in [0.05, 0.1) is 12.2 Å². The van der Waals surface area contributed by atoms with Gasteiger partial charge in [-0.05, 0) is 61.4 Å². The fourth-order valence-electron chi connectivity index (χ4n) is 4.22. The summed E-state index contributed by atoms with van der Waals surface area (Å²) in [5, 5.41) is 3.58. The van der Waals surface area contributed by atoms with Crippen molar-refractivity contribution in [1.82, 2.24) is 5.32 Å². The molecule has 6 nitrogen and oxygen atoms in total. The van der Waals surface area contributed by atoms with Crippen molar-refractivity contribution in [1.29, 1.82) is 0 Å². The maximum Gasteiger partial charge on any atom is 0.338 e. The quantitative estimate of drug-likeness (QED) is 0.519. The Balaban J connectivity index is 1.71. The summed E-state index contributed by atoms with van der Waals surface area (Å²) in [5.74, 6) is -1.08. The molecule has 0 saturated carbocycles. The number of ether oxygens (including phenoxy) is 1. The molecule has 3 aromatic rings. The minimum absolute atomic E-state index is 0.240. The van der Waals surface area contributed by atoms with Gasteiger partial charge >= 0.3 is 5.97 Å². The van der Waals surface area contributed by atoms with Crippen LogP contribution in [-0.2, 0) is 22.5 Å². The normalized spacial score (nSPS) is 17.1. The summed E-state index contributed by atoms with van der Waals surface area (Å²) in [7, 11) is 0. The van der Waals surface area contributed by atoms with Crippen LogP contribution in [0.25, 0.3) is 0 Å². The third-order valence-electron chi connectivity index (χ3n) is 5.95. The molecule has 34 heavy (non-hydrogen) atoms. The maximum absolute atomic E-state index is 13.7. The largest absolute Gasteiger partial charge is 0.462 e. The molecule has 2 amide bonds. The van der Waals surface area contributed by atoms with Crippen LogP contribution in [0.5, 0.6) is 0 Å². The lowest BCUT2D eigenvalue weighted by molar-refractivity contribution is -0.126. The van der Waals surface area contributed by atoms with E-state index in [9.17, 15) is 14.4 Å². The first-order chi connectivity index (χ1) is 16.3. The number of carbonyl (C=O) groups is 3. The Hall–Kier alpha value is -3.64. The number of carbonyl (C=O) groups excluding carboxylic acids is 3. The van der Waals surface area contributed by atoms with Gasteiger partial charge in [-0.1, -0.05) is 48.0 Å². The van der Waals surface area contributed by atoms with Gasteiger partial charge in [0, 0.05) is 29.2 Å². The van der Waals surface area contributed by atoms with Crippen molar-refractivity contribution in [3.63, 3.8) is 0 Å². The Morgan fingerprint density at radius 3 is 2.53 bits per heavy atom. The molecule has 4 rings (SSSR count). The van der Waals surface area contributed by atoms with Crippen LogP contribution in [0, 0.1) is 0 Å². The zero-order valence-corrected chi connectivity index (χ0v) is 19.8. The highest BCUT2D eigenvalue weighted by Crippen LogP contribution is 2.36. The van der Waals surface area contributed by atoms with Crippen molar-refractivity contribution in [2.75, 3.05) is 11.5 Å². The number of nitrogens with zero attached hydrogens (tertiary/aromatic N) is 1. The second kappa shape index (κ2) is 9.69. The third-order valence-corrected chi connectivity index (χ3v) is 6.20. The van der Waals surface area contributed by atoms with Gasteiger partial charge in [-0.15, -0.1) is 0 Å². The predicted octanol–water partition coefficient (Wildman–Crippen LogP) is 4.79. The predicted molar refractivity (Wildman–Crippen MR) is 131 cm³/mol. The standard InChI is InChI=1S/C27H25ClN2O4/c1-3-34-25(32)19-8-6-9-22(15-19)30-24(31)23-10-5-4-7-20(23)16-27(30,2)26(33)29-17-18-11-13-21(28)14-12-18/h4-15H,3,16-17H2,1-2H3,(H,29,33). The van der Waals surface area contributed by atoms with Crippen molar-refractivity contribution in [2.45, 2.75) is 32.4 Å². The van der Waals surface area contributed by atoms with E-state index in [1.54, 1.807) is 62.4 Å². The molecular weight excluding hydrogens is 452 g/mol. The summed E-state index contributed by atoms with van der Waals surface area (Å²) in [5.41, 5.74) is 1.77. The van der Waals surface area contributed by atoms with E-state index in [4.69, 9.17) is 16.3 Å². The second-order valence-corrected chi connectivity index (χ2v) is 8.76. The summed E-state index contributed by atoms with van der Waals surface area (Å²) in [6.07, 6.45) is 0.324. The first-order valence-corrected chi connectivity index (χ1v) is 11.4. The molecule has 0 bridgehead atoms. The molecule has 1 N–H and O–H groups in total. The van der Waals surface area contributed by atoms with Crippen LogP contribution in [0.4, 0.5) is 5.69 Å². The van der Waals surface area contributed by atoms with Gasteiger partial charge in [-0.25, -0.2) is 4.79 Å².